The number of rotatable bonds is 3. The van der Waals surface area contributed by atoms with Gasteiger partial charge in [0.05, 0.1) is 0 Å². The minimum absolute atomic E-state index is 0.165. The van der Waals surface area contributed by atoms with E-state index in [0.29, 0.717) is 13.1 Å². The molecule has 3 nitrogen and oxygen atoms in total. The van der Waals surface area contributed by atoms with E-state index >= 15 is 0 Å². The van der Waals surface area contributed by atoms with Crippen molar-refractivity contribution in [3.63, 3.8) is 0 Å². The van der Waals surface area contributed by atoms with Gasteiger partial charge in [-0.05, 0) is 0 Å². The number of nitrogens with zero attached hydrogens (tertiary/aromatic N) is 2. The molecule has 16 heavy (non-hydrogen) atoms. The molecule has 0 aromatic rings. The first-order chi connectivity index (χ1) is 7.61. The van der Waals surface area contributed by atoms with Crippen LogP contribution in [0.4, 0.5) is 4.39 Å². The number of carbonyl (C=O) groups is 1. The van der Waals surface area contributed by atoms with E-state index < -0.39 is 5.83 Å². The molecule has 0 saturated heterocycles. The van der Waals surface area contributed by atoms with Crippen molar-refractivity contribution in [1.29, 1.82) is 0 Å². The molecule has 1 rings (SSSR count). The standard InChI is InChI=1S/C10H9FIN2O.V/c1-3-7(8(11)6-12)9-10(15)14(2)5-4-13-9;/h1,3H,4-5H2,2H3;/q-1;/b7-3+;. The predicted octanol–water partition coefficient (Wildman–Crippen LogP) is 1.22. The van der Waals surface area contributed by atoms with Crippen molar-refractivity contribution >= 4 is 38.9 Å². The van der Waals surface area contributed by atoms with Crippen LogP contribution in [0.1, 0.15) is 0 Å². The summed E-state index contributed by atoms with van der Waals surface area (Å²) in [4.78, 5) is 17.4. The van der Waals surface area contributed by atoms with E-state index in [2.05, 4.69) is 26.1 Å². The zero-order chi connectivity index (χ0) is 12.1. The molecule has 1 heterocycles. The summed E-state index contributed by atoms with van der Waals surface area (Å²) in [7, 11) is 1.68. The van der Waals surface area contributed by atoms with Gasteiger partial charge in [0.25, 0.3) is 0 Å². The van der Waals surface area contributed by atoms with Crippen molar-refractivity contribution < 1.29 is 26.2 Å². The summed E-state index contributed by atoms with van der Waals surface area (Å²) < 4.78 is 17.5. The molecular weight excluding hydrogens is 361 g/mol. The summed E-state index contributed by atoms with van der Waals surface area (Å²) in [6.07, 6.45) is 1.51. The van der Waals surface area contributed by atoms with Gasteiger partial charge in [0.15, 0.2) is 0 Å². The molecule has 0 N–H and O–H groups in total. The van der Waals surface area contributed by atoms with Crippen LogP contribution in [0.25, 0.3) is 0 Å². The molecule has 6 heteroatoms. The third kappa shape index (κ3) is 3.12. The molecule has 1 aliphatic rings. The Morgan fingerprint density at radius 3 is 3.00 bits per heavy atom. The van der Waals surface area contributed by atoms with Gasteiger partial charge in [-0.15, -0.1) is 0 Å². The maximum absolute atomic E-state index is 13.5. The average molecular weight is 370 g/mol. The number of halogens is 2. The van der Waals surface area contributed by atoms with Crippen LogP contribution in [-0.2, 0) is 21.8 Å². The van der Waals surface area contributed by atoms with Gasteiger partial charge >= 0.3 is 117 Å². The summed E-state index contributed by atoms with van der Waals surface area (Å²) in [5.41, 5.74) is 0.351. The third-order valence-electron chi connectivity index (χ3n) is 2.07. The molecule has 1 amide bonds. The molecule has 0 aromatic heterocycles. The van der Waals surface area contributed by atoms with E-state index in [-0.39, 0.29) is 17.2 Å². The molecule has 0 fully saturated rings. The fraction of sp³-hybridized carbons (Fsp3) is 0.300. The van der Waals surface area contributed by atoms with E-state index in [4.69, 9.17) is 0 Å². The summed E-state index contributed by atoms with van der Waals surface area (Å²) in [6, 6.07) is 0. The quantitative estimate of drug-likeness (QED) is 0.418. The number of hydrogen-bond acceptors (Lipinski definition) is 2. The van der Waals surface area contributed by atoms with Crippen molar-refractivity contribution in [2.75, 3.05) is 20.1 Å². The second-order valence-corrected chi connectivity index (χ2v) is 4.10. The van der Waals surface area contributed by atoms with E-state index in [1.165, 1.54) is 11.0 Å². The Bertz CT molecular complexity index is 404. The summed E-state index contributed by atoms with van der Waals surface area (Å²) in [5, 5.41) is 0. The van der Waals surface area contributed by atoms with Gasteiger partial charge in [-0.2, -0.15) is 0 Å². The first kappa shape index (κ1) is 13.8. The fourth-order valence-corrected chi connectivity index (χ4v) is 1.77. The number of hydrogen-bond donors (Lipinski definition) is 0. The topological polar surface area (TPSA) is 32.7 Å². The molecule has 0 atom stereocenters. The third-order valence-corrected chi connectivity index (χ3v) is 2.78. The average Bonchev–Trinajstić information content (AvgIpc) is 2.29. The van der Waals surface area contributed by atoms with Gasteiger partial charge in [-0.1, -0.05) is 0 Å². The Hall–Kier alpha value is -0.266. The van der Waals surface area contributed by atoms with Gasteiger partial charge in [0, 0.05) is 0 Å². The fourth-order valence-electron chi connectivity index (χ4n) is 1.24. The predicted molar refractivity (Wildman–Crippen MR) is 66.0 cm³/mol. The first-order valence-electron chi connectivity index (χ1n) is 4.49. The Labute approximate surface area is 116 Å². The van der Waals surface area contributed by atoms with Crippen molar-refractivity contribution in [1.82, 2.24) is 4.90 Å². The number of amides is 1. The van der Waals surface area contributed by atoms with E-state index in [1.807, 2.05) is 0 Å². The normalized spacial score (nSPS) is 18.5. The second-order valence-electron chi connectivity index (χ2n) is 3.09. The maximum atomic E-state index is 13.5. The molecule has 0 radical (unpaired) electrons. The van der Waals surface area contributed by atoms with Gasteiger partial charge in [-0.25, -0.2) is 0 Å². The van der Waals surface area contributed by atoms with Crippen LogP contribution in [0, 0.1) is 4.08 Å². The van der Waals surface area contributed by atoms with Crippen molar-refractivity contribution in [3.8, 4) is 0 Å². The van der Waals surface area contributed by atoms with E-state index in [0.717, 1.165) is 0 Å². The summed E-state index contributed by atoms with van der Waals surface area (Å²) >= 11 is 3.87. The van der Waals surface area contributed by atoms with Crippen LogP contribution in [0.3, 0.4) is 0 Å². The van der Waals surface area contributed by atoms with Crippen LogP contribution >= 0.6 is 22.6 Å². The van der Waals surface area contributed by atoms with E-state index in [1.54, 1.807) is 34.4 Å². The number of carbonyl (C=O) groups excluding carboxylic acids is 1. The number of aliphatic imine (C=N–C) groups is 1. The van der Waals surface area contributed by atoms with Gasteiger partial charge < -0.3 is 0 Å². The van der Waals surface area contributed by atoms with Crippen LogP contribution < -0.4 is 0 Å². The second kappa shape index (κ2) is 6.47. The van der Waals surface area contributed by atoms with Crippen molar-refractivity contribution in [2.45, 2.75) is 0 Å². The summed E-state index contributed by atoms with van der Waals surface area (Å²) in [5.74, 6) is -0.820. The Kier molecular flexibility index (Phi) is 5.58. The molecule has 0 bridgehead atoms. The minimum atomic E-state index is -0.565. The number of allylic oxidation sites excluding steroid dienone is 2. The van der Waals surface area contributed by atoms with Crippen molar-refractivity contribution in [2.24, 2.45) is 4.99 Å². The molecule has 0 aromatic carbocycles. The van der Waals surface area contributed by atoms with Crippen LogP contribution in [0.2, 0.25) is 0 Å². The monoisotopic (exact) mass is 370 g/mol. The van der Waals surface area contributed by atoms with Crippen LogP contribution in [-0.4, -0.2) is 41.4 Å². The zero-order valence-electron chi connectivity index (χ0n) is 8.57. The molecular formula is C10H9FIN2OV-. The Morgan fingerprint density at radius 2 is 2.44 bits per heavy atom. The Morgan fingerprint density at radius 1 is 1.75 bits per heavy atom. The van der Waals surface area contributed by atoms with Gasteiger partial charge in [0.2, 0.25) is 0 Å². The van der Waals surface area contributed by atoms with Crippen LogP contribution in [0.5, 0.6) is 0 Å². The molecule has 0 saturated carbocycles. The molecule has 0 spiro atoms. The molecule has 0 unspecified atom stereocenters. The van der Waals surface area contributed by atoms with Gasteiger partial charge in [-0.3, -0.25) is 0 Å². The Balaban J connectivity index is 3.14. The van der Waals surface area contributed by atoms with Crippen molar-refractivity contribution in [3.05, 3.63) is 21.6 Å². The molecule has 1 aliphatic heterocycles. The first-order valence-corrected chi connectivity index (χ1v) is 6.37. The SMILES string of the molecule is CN1CCN=C(/C(=C/[CH]=[V])C(F)=[C-]I)C1=O. The zero-order valence-corrected chi connectivity index (χ0v) is 12.1. The van der Waals surface area contributed by atoms with Crippen LogP contribution in [0.15, 0.2) is 22.5 Å². The van der Waals surface area contributed by atoms with Gasteiger partial charge in [0.1, 0.15) is 0 Å². The summed E-state index contributed by atoms with van der Waals surface area (Å²) in [6.45, 7) is 1.07. The molecule has 85 valence electrons. The number of likely N-dealkylation sites (N-methyl/N-ethyl adjacent to an activating group) is 1. The van der Waals surface area contributed by atoms with E-state index in [9.17, 15) is 9.18 Å². The molecule has 0 aliphatic carbocycles.